The van der Waals surface area contributed by atoms with Crippen molar-refractivity contribution in [3.05, 3.63) is 162 Å². The fraction of sp³-hybridized carbons (Fsp3) is 0.163. The number of nitrogens with zero attached hydrogens (tertiary/aromatic N) is 4. The number of aryl methyl sites for hydroxylation is 5. The second-order valence-electron chi connectivity index (χ2n) is 14.7. The van der Waals surface area contributed by atoms with Gasteiger partial charge in [0.05, 0.1) is 16.9 Å². The topological polar surface area (TPSA) is 43.6 Å². The molecular formula is C49H44GeIrN4S-2. The van der Waals surface area contributed by atoms with E-state index < -0.39 is 33.8 Å². The molecule has 1 radical (unpaired) electrons. The molecule has 4 aromatic heterocycles. The second kappa shape index (κ2) is 16.0. The standard InChI is InChI=1S/C35H28N3S.C14H16GeN.Ir/c1-20-16-23(4)31(24(5)17-20)25-18-28-26-12-9-13-27(33(26)39-35(28)36-19-25)34-37-29-14-6-7-15-30(29)38(34)32-21(2)10-8-11-22(32)3;1-15(2,3)13-9-10-14(16-11-13)12-7-5-4-6-8-12;/h6-12,14-19H,1-5H3;4-7,9-11H,1-3H3;/q2*-1;/i1D3,4D3,5D3;;. The molecule has 9 aromatic rings. The monoisotopic (exact) mass is 996 g/mol. The first-order valence-electron chi connectivity index (χ1n) is 22.5. The maximum absolute atomic E-state index is 8.25. The van der Waals surface area contributed by atoms with Crippen molar-refractivity contribution in [2.75, 3.05) is 0 Å². The Morgan fingerprint density at radius 1 is 0.714 bits per heavy atom. The predicted octanol–water partition coefficient (Wildman–Crippen LogP) is 12.6. The van der Waals surface area contributed by atoms with Gasteiger partial charge in [-0.2, -0.15) is 11.3 Å². The zero-order valence-corrected chi connectivity index (χ0v) is 36.9. The van der Waals surface area contributed by atoms with Gasteiger partial charge in [0.25, 0.3) is 0 Å². The third kappa shape index (κ3) is 7.56. The van der Waals surface area contributed by atoms with Gasteiger partial charge in [0.1, 0.15) is 4.83 Å². The van der Waals surface area contributed by atoms with Gasteiger partial charge in [-0.25, -0.2) is 4.98 Å². The van der Waals surface area contributed by atoms with Crippen molar-refractivity contribution in [2.24, 2.45) is 0 Å². The molecule has 281 valence electrons. The molecule has 7 heteroatoms. The number of para-hydroxylation sites is 3. The van der Waals surface area contributed by atoms with Gasteiger partial charge in [-0.3, -0.25) is 4.98 Å². The minimum absolute atomic E-state index is 0. The number of fused-ring (bicyclic) bond motifs is 4. The summed E-state index contributed by atoms with van der Waals surface area (Å²) in [6.07, 6.45) is 3.50. The summed E-state index contributed by atoms with van der Waals surface area (Å²) in [5.74, 6) is 7.85. The number of thiophene rings is 1. The van der Waals surface area contributed by atoms with E-state index in [1.54, 1.807) is 6.07 Å². The van der Waals surface area contributed by atoms with Crippen LogP contribution in [0.5, 0.6) is 0 Å². The quantitative estimate of drug-likeness (QED) is 0.127. The molecule has 0 aliphatic rings. The number of hydrogen-bond acceptors (Lipinski definition) is 4. The molecule has 0 saturated heterocycles. The molecule has 0 fully saturated rings. The van der Waals surface area contributed by atoms with Crippen LogP contribution in [-0.2, 0) is 20.1 Å². The second-order valence-corrected chi connectivity index (χ2v) is 26.3. The van der Waals surface area contributed by atoms with Crippen LogP contribution in [0, 0.1) is 46.5 Å². The van der Waals surface area contributed by atoms with Gasteiger partial charge >= 0.3 is 99.8 Å². The van der Waals surface area contributed by atoms with E-state index >= 15 is 0 Å². The largest absolute Gasteiger partial charge is 0 e. The summed E-state index contributed by atoms with van der Waals surface area (Å²) >= 11 is -0.274. The van der Waals surface area contributed by atoms with Crippen LogP contribution in [0.2, 0.25) is 17.3 Å². The molecule has 56 heavy (non-hydrogen) atoms. The molecule has 0 saturated carbocycles. The van der Waals surface area contributed by atoms with Crippen molar-refractivity contribution < 1.29 is 32.4 Å². The Balaban J connectivity index is 0.000000313. The molecule has 0 N–H and O–H groups in total. The Hall–Kier alpha value is -4.72. The molecule has 0 amide bonds. The molecule has 0 atom stereocenters. The van der Waals surface area contributed by atoms with Crippen LogP contribution in [0.25, 0.3) is 70.8 Å². The molecule has 0 aliphatic heterocycles. The van der Waals surface area contributed by atoms with Crippen molar-refractivity contribution in [1.82, 2.24) is 19.5 Å². The van der Waals surface area contributed by atoms with E-state index in [9.17, 15) is 0 Å². The van der Waals surface area contributed by atoms with Gasteiger partial charge in [0.15, 0.2) is 0 Å². The first kappa shape index (κ1) is 29.5. The van der Waals surface area contributed by atoms with Gasteiger partial charge in [0, 0.05) is 55.3 Å². The molecular weight excluding hydrogens is 941 g/mol. The molecule has 0 spiro atoms. The van der Waals surface area contributed by atoms with Crippen molar-refractivity contribution in [3.63, 3.8) is 0 Å². The van der Waals surface area contributed by atoms with E-state index in [1.165, 1.54) is 21.9 Å². The first-order chi connectivity index (χ1) is 30.1. The van der Waals surface area contributed by atoms with Gasteiger partial charge in [-0.05, 0) is 85.1 Å². The number of hydrogen-bond donors (Lipinski definition) is 0. The number of benzene rings is 5. The Kier molecular flexibility index (Phi) is 8.45. The van der Waals surface area contributed by atoms with Gasteiger partial charge in [0.2, 0.25) is 0 Å². The molecule has 4 nitrogen and oxygen atoms in total. The van der Waals surface area contributed by atoms with Crippen LogP contribution in [0.1, 0.15) is 40.2 Å². The summed E-state index contributed by atoms with van der Waals surface area (Å²) in [5, 5.41) is 1.52. The average molecular weight is 995 g/mol. The molecule has 0 unspecified atom stereocenters. The summed E-state index contributed by atoms with van der Waals surface area (Å²) in [4.78, 5) is 15.0. The summed E-state index contributed by atoms with van der Waals surface area (Å²) in [5.41, 5.74) is 7.01. The number of pyridine rings is 2. The Morgan fingerprint density at radius 2 is 1.48 bits per heavy atom. The fourth-order valence-corrected chi connectivity index (χ4v) is 10.3. The fourth-order valence-electron chi connectivity index (χ4n) is 7.01. The Morgan fingerprint density at radius 3 is 2.16 bits per heavy atom. The van der Waals surface area contributed by atoms with E-state index in [0.29, 0.717) is 16.0 Å². The minimum Gasteiger partial charge on any atom is 0 e. The normalized spacial score (nSPS) is 14.5. The van der Waals surface area contributed by atoms with Gasteiger partial charge < -0.3 is 4.57 Å². The Labute approximate surface area is 363 Å². The van der Waals surface area contributed by atoms with E-state index in [-0.39, 0.29) is 47.9 Å². The van der Waals surface area contributed by atoms with E-state index in [0.717, 1.165) is 66.9 Å². The number of rotatable bonds is 5. The zero-order valence-electron chi connectivity index (χ0n) is 40.6. The van der Waals surface area contributed by atoms with Crippen LogP contribution in [0.3, 0.4) is 0 Å². The Bertz CT molecular complexity index is 3130. The van der Waals surface area contributed by atoms with Crippen molar-refractivity contribution in [3.8, 4) is 39.5 Å². The SMILES string of the molecule is [2H]C([2H])([2H])c1cc(C([2H])([2H])[2H])c(-c2cnc3sc4c(-c5nc6ccccc6n5-c5c(C)cccc5C)[c-]ccc4c3c2)c(C([2H])([2H])[2H])c1.[CH3][Ge]([CH3])([CH3])[c]1ccc(-c2[c-]cccc2)nc1.[Ir]. The van der Waals surface area contributed by atoms with Crippen molar-refractivity contribution in [2.45, 2.75) is 51.7 Å². The third-order valence-electron chi connectivity index (χ3n) is 9.78. The van der Waals surface area contributed by atoms with Crippen molar-refractivity contribution >= 4 is 60.3 Å². The predicted molar refractivity (Wildman–Crippen MR) is 237 cm³/mol. The average Bonchev–Trinajstić information content (AvgIpc) is 3.81. The zero-order chi connectivity index (χ0) is 45.9. The summed E-state index contributed by atoms with van der Waals surface area (Å²) in [6, 6.07) is 40.7. The van der Waals surface area contributed by atoms with Crippen LogP contribution in [0.15, 0.2) is 122 Å². The van der Waals surface area contributed by atoms with Crippen LogP contribution < -0.4 is 4.40 Å². The van der Waals surface area contributed by atoms with Crippen LogP contribution in [-0.4, -0.2) is 32.8 Å². The van der Waals surface area contributed by atoms with Crippen LogP contribution in [0.4, 0.5) is 0 Å². The molecule has 4 heterocycles. The van der Waals surface area contributed by atoms with Gasteiger partial charge in [-0.15, -0.1) is 18.2 Å². The minimum atomic E-state index is -2.79. The third-order valence-corrected chi connectivity index (χ3v) is 15.2. The summed E-state index contributed by atoms with van der Waals surface area (Å²) < 4.78 is 77.7. The first-order valence-corrected chi connectivity index (χ1v) is 26.2. The molecule has 5 aromatic carbocycles. The van der Waals surface area contributed by atoms with E-state index in [1.807, 2.05) is 72.9 Å². The summed E-state index contributed by atoms with van der Waals surface area (Å²) in [6.45, 7) is -4.15. The molecule has 0 aliphatic carbocycles. The van der Waals surface area contributed by atoms with E-state index in [2.05, 4.69) is 77.1 Å². The molecule has 0 bridgehead atoms. The maximum Gasteiger partial charge on any atom is 0 e. The number of imidazole rings is 1. The van der Waals surface area contributed by atoms with Crippen LogP contribution >= 0.6 is 11.3 Å². The number of aromatic nitrogens is 4. The van der Waals surface area contributed by atoms with Crippen molar-refractivity contribution in [1.29, 1.82) is 0 Å². The van der Waals surface area contributed by atoms with E-state index in [4.69, 9.17) is 22.3 Å². The maximum atomic E-state index is 8.25. The smallest absolute Gasteiger partial charge is 0 e. The summed E-state index contributed by atoms with van der Waals surface area (Å²) in [7, 11) is 0. The molecule has 9 rings (SSSR count). The van der Waals surface area contributed by atoms with Gasteiger partial charge in [-0.1, -0.05) is 59.0 Å².